The number of halogens is 2. The summed E-state index contributed by atoms with van der Waals surface area (Å²) in [5.41, 5.74) is 7.43. The molecule has 3 heteroatoms. The summed E-state index contributed by atoms with van der Waals surface area (Å²) < 4.78 is 1.02. The third kappa shape index (κ3) is 1.55. The van der Waals surface area contributed by atoms with Gasteiger partial charge in [0.2, 0.25) is 0 Å². The number of hydrogen-bond donors (Lipinski definition) is 1. The molecule has 0 spiro atoms. The first-order chi connectivity index (χ1) is 4.61. The fraction of sp³-hybridized carbons (Fsp3) is 0.143. The van der Waals surface area contributed by atoms with E-state index in [9.17, 15) is 0 Å². The van der Waals surface area contributed by atoms with Crippen LogP contribution >= 0.6 is 34.2 Å². The molecule has 0 radical (unpaired) electrons. The molecular formula is C7H7ClIN. The van der Waals surface area contributed by atoms with E-state index in [1.807, 2.05) is 19.1 Å². The van der Waals surface area contributed by atoms with Crippen LogP contribution in [0.25, 0.3) is 0 Å². The van der Waals surface area contributed by atoms with E-state index < -0.39 is 0 Å². The third-order valence-electron chi connectivity index (χ3n) is 1.22. The lowest BCUT2D eigenvalue weighted by molar-refractivity contribution is 1.45. The van der Waals surface area contributed by atoms with E-state index in [1.54, 1.807) is 0 Å². The van der Waals surface area contributed by atoms with Crippen molar-refractivity contribution in [2.45, 2.75) is 6.92 Å². The highest BCUT2D eigenvalue weighted by Crippen LogP contribution is 2.25. The maximum atomic E-state index is 5.79. The number of benzene rings is 1. The fourth-order valence-corrected chi connectivity index (χ4v) is 1.93. The highest BCUT2D eigenvalue weighted by molar-refractivity contribution is 14.1. The predicted molar refractivity (Wildman–Crippen MR) is 53.3 cm³/mol. The zero-order valence-corrected chi connectivity index (χ0v) is 8.40. The SMILES string of the molecule is Cc1cc(Cl)c(N)c(I)c1. The molecule has 10 heavy (non-hydrogen) atoms. The summed E-state index contributed by atoms with van der Waals surface area (Å²) in [5, 5.41) is 0.643. The molecule has 1 rings (SSSR count). The molecule has 0 atom stereocenters. The summed E-state index contributed by atoms with van der Waals surface area (Å²) in [6.45, 7) is 1.99. The number of rotatable bonds is 0. The van der Waals surface area contributed by atoms with E-state index in [2.05, 4.69) is 22.6 Å². The minimum Gasteiger partial charge on any atom is -0.397 e. The molecule has 0 aliphatic rings. The highest BCUT2D eigenvalue weighted by Gasteiger charge is 2.00. The van der Waals surface area contributed by atoms with Gasteiger partial charge in [0.05, 0.1) is 10.7 Å². The van der Waals surface area contributed by atoms with Crippen molar-refractivity contribution in [1.82, 2.24) is 0 Å². The first kappa shape index (κ1) is 8.14. The predicted octanol–water partition coefficient (Wildman–Crippen LogP) is 2.84. The first-order valence-corrected chi connectivity index (χ1v) is 4.28. The maximum absolute atomic E-state index is 5.79. The lowest BCUT2D eigenvalue weighted by Crippen LogP contribution is -1.90. The van der Waals surface area contributed by atoms with E-state index in [1.165, 1.54) is 0 Å². The molecule has 1 nitrogen and oxygen atoms in total. The summed E-state index contributed by atoms with van der Waals surface area (Å²) in [4.78, 5) is 0. The third-order valence-corrected chi connectivity index (χ3v) is 2.43. The van der Waals surface area contributed by atoms with Gasteiger partial charge in [0.15, 0.2) is 0 Å². The van der Waals surface area contributed by atoms with Gasteiger partial charge in [0.1, 0.15) is 0 Å². The van der Waals surface area contributed by atoms with Crippen LogP contribution in [0.2, 0.25) is 5.02 Å². The van der Waals surface area contributed by atoms with Crippen molar-refractivity contribution in [3.05, 3.63) is 26.3 Å². The van der Waals surface area contributed by atoms with Crippen LogP contribution in [0.5, 0.6) is 0 Å². The Morgan fingerprint density at radius 3 is 2.60 bits per heavy atom. The standard InChI is InChI=1S/C7H7ClIN/c1-4-2-5(8)7(10)6(9)3-4/h2-3H,10H2,1H3. The molecule has 54 valence electrons. The van der Waals surface area contributed by atoms with E-state index in [0.717, 1.165) is 9.13 Å². The van der Waals surface area contributed by atoms with Crippen LogP contribution in [-0.4, -0.2) is 0 Å². The van der Waals surface area contributed by atoms with Crippen LogP contribution in [0.4, 0.5) is 5.69 Å². The van der Waals surface area contributed by atoms with Crippen molar-refractivity contribution in [2.24, 2.45) is 0 Å². The van der Waals surface area contributed by atoms with Crippen molar-refractivity contribution in [3.63, 3.8) is 0 Å². The van der Waals surface area contributed by atoms with Crippen LogP contribution in [0.1, 0.15) is 5.56 Å². The number of aryl methyl sites for hydroxylation is 1. The van der Waals surface area contributed by atoms with Crippen molar-refractivity contribution in [1.29, 1.82) is 0 Å². The van der Waals surface area contributed by atoms with Gasteiger partial charge in [-0.25, -0.2) is 0 Å². The molecule has 0 aliphatic heterocycles. The van der Waals surface area contributed by atoms with Crippen molar-refractivity contribution in [2.75, 3.05) is 5.73 Å². The van der Waals surface area contributed by atoms with Gasteiger partial charge in [-0.3, -0.25) is 0 Å². The molecule has 2 N–H and O–H groups in total. The lowest BCUT2D eigenvalue weighted by Gasteiger charge is -2.01. The topological polar surface area (TPSA) is 26.0 Å². The Labute approximate surface area is 78.7 Å². The molecular weight excluding hydrogens is 260 g/mol. The van der Waals surface area contributed by atoms with Gasteiger partial charge in [-0.15, -0.1) is 0 Å². The number of nitrogen functional groups attached to an aromatic ring is 1. The van der Waals surface area contributed by atoms with Crippen molar-refractivity contribution in [3.8, 4) is 0 Å². The van der Waals surface area contributed by atoms with Gasteiger partial charge in [0.25, 0.3) is 0 Å². The zero-order chi connectivity index (χ0) is 7.72. The highest BCUT2D eigenvalue weighted by atomic mass is 127. The molecule has 0 bridgehead atoms. The fourth-order valence-electron chi connectivity index (χ4n) is 0.711. The number of anilines is 1. The van der Waals surface area contributed by atoms with Gasteiger partial charge in [0, 0.05) is 3.57 Å². The van der Waals surface area contributed by atoms with E-state index in [-0.39, 0.29) is 0 Å². The quantitative estimate of drug-likeness (QED) is 0.568. The van der Waals surface area contributed by atoms with Gasteiger partial charge in [-0.2, -0.15) is 0 Å². The molecule has 0 unspecified atom stereocenters. The van der Waals surface area contributed by atoms with Crippen molar-refractivity contribution >= 4 is 39.9 Å². The monoisotopic (exact) mass is 267 g/mol. The molecule has 0 heterocycles. The Morgan fingerprint density at radius 2 is 2.10 bits per heavy atom. The lowest BCUT2D eigenvalue weighted by atomic mass is 10.2. The Hall–Kier alpha value is 0.0400. The molecule has 0 fully saturated rings. The second-order valence-electron chi connectivity index (χ2n) is 2.14. The first-order valence-electron chi connectivity index (χ1n) is 2.82. The minimum absolute atomic E-state index is 0.643. The minimum atomic E-state index is 0.643. The van der Waals surface area contributed by atoms with Gasteiger partial charge < -0.3 is 5.73 Å². The van der Waals surface area contributed by atoms with Gasteiger partial charge in [-0.1, -0.05) is 11.6 Å². The van der Waals surface area contributed by atoms with Crippen LogP contribution < -0.4 is 5.73 Å². The molecule has 0 saturated heterocycles. The zero-order valence-electron chi connectivity index (χ0n) is 5.49. The molecule has 0 aliphatic carbocycles. The van der Waals surface area contributed by atoms with Crippen LogP contribution in [-0.2, 0) is 0 Å². The van der Waals surface area contributed by atoms with Crippen LogP contribution in [0.15, 0.2) is 12.1 Å². The Balaban J connectivity index is 3.31. The summed E-state index contributed by atoms with van der Waals surface area (Å²) in [7, 11) is 0. The van der Waals surface area contributed by atoms with Crippen LogP contribution in [0.3, 0.4) is 0 Å². The molecule has 0 amide bonds. The maximum Gasteiger partial charge on any atom is 0.0648 e. The average Bonchev–Trinajstić information content (AvgIpc) is 1.82. The Morgan fingerprint density at radius 1 is 1.50 bits per heavy atom. The van der Waals surface area contributed by atoms with E-state index in [4.69, 9.17) is 17.3 Å². The number of nitrogens with two attached hydrogens (primary N) is 1. The second-order valence-corrected chi connectivity index (χ2v) is 3.71. The van der Waals surface area contributed by atoms with E-state index >= 15 is 0 Å². The van der Waals surface area contributed by atoms with Crippen LogP contribution in [0, 0.1) is 10.5 Å². The van der Waals surface area contributed by atoms with E-state index in [0.29, 0.717) is 10.7 Å². The summed E-state index contributed by atoms with van der Waals surface area (Å²) in [5.74, 6) is 0. The summed E-state index contributed by atoms with van der Waals surface area (Å²) in [6.07, 6.45) is 0. The molecule has 1 aromatic carbocycles. The largest absolute Gasteiger partial charge is 0.397 e. The smallest absolute Gasteiger partial charge is 0.0648 e. The molecule has 1 aromatic rings. The Bertz CT molecular complexity index is 237. The number of hydrogen-bond acceptors (Lipinski definition) is 1. The molecule has 0 aromatic heterocycles. The second kappa shape index (κ2) is 2.96. The summed E-state index contributed by atoms with van der Waals surface area (Å²) in [6, 6.07) is 3.86. The Kier molecular flexibility index (Phi) is 2.41. The van der Waals surface area contributed by atoms with Crippen molar-refractivity contribution < 1.29 is 0 Å². The molecule has 0 saturated carbocycles. The van der Waals surface area contributed by atoms with Gasteiger partial charge in [-0.05, 0) is 47.2 Å². The average molecular weight is 267 g/mol. The van der Waals surface area contributed by atoms with Gasteiger partial charge >= 0.3 is 0 Å². The summed E-state index contributed by atoms with van der Waals surface area (Å²) >= 11 is 7.96. The normalized spacial score (nSPS) is 9.90.